The number of anilines is 3. The van der Waals surface area contributed by atoms with Crippen LogP contribution < -0.4 is 4.90 Å². The summed E-state index contributed by atoms with van der Waals surface area (Å²) in [5.74, 6) is 0. The first-order valence-electron chi connectivity index (χ1n) is 16.6. The average molecular weight is 626 g/mol. The van der Waals surface area contributed by atoms with Crippen molar-refractivity contribution in [3.05, 3.63) is 188 Å². The van der Waals surface area contributed by atoms with Gasteiger partial charge in [-0.25, -0.2) is 9.97 Å². The molecular weight excluding hydrogens is 595 g/mol. The van der Waals surface area contributed by atoms with Gasteiger partial charge in [0.1, 0.15) is 0 Å². The predicted molar refractivity (Wildman–Crippen MR) is 206 cm³/mol. The molecule has 0 radical (unpaired) electrons. The van der Waals surface area contributed by atoms with Crippen molar-refractivity contribution in [3.63, 3.8) is 0 Å². The summed E-state index contributed by atoms with van der Waals surface area (Å²) in [4.78, 5) is 12.9. The van der Waals surface area contributed by atoms with E-state index in [1.54, 1.807) is 0 Å². The smallest absolute Gasteiger partial charge is 0.0973 e. The van der Waals surface area contributed by atoms with E-state index in [2.05, 4.69) is 181 Å². The number of benzene rings is 8. The van der Waals surface area contributed by atoms with E-state index in [1.165, 1.54) is 16.3 Å². The summed E-state index contributed by atoms with van der Waals surface area (Å²) in [7, 11) is 0. The molecule has 230 valence electrons. The first-order valence-corrected chi connectivity index (χ1v) is 16.6. The highest BCUT2D eigenvalue weighted by molar-refractivity contribution is 6.10. The van der Waals surface area contributed by atoms with E-state index in [9.17, 15) is 0 Å². The molecule has 3 heteroatoms. The third kappa shape index (κ3) is 5.18. The van der Waals surface area contributed by atoms with Crippen LogP contribution in [0.2, 0.25) is 0 Å². The molecule has 8 aromatic carbocycles. The Balaban J connectivity index is 1.20. The second kappa shape index (κ2) is 12.2. The highest BCUT2D eigenvalue weighted by atomic mass is 15.1. The standard InChI is InChI=1S/C46H31N3/c1-5-15-32(16-6-1)44-45(33-17-7-2-8-18-33)48-46-39-27-25-34(31-35(39)26-29-42(46)47-44)38-28-30-43(41-24-14-13-23-40(38)41)49(36-19-9-3-10-20-36)37-21-11-4-12-22-37/h1-31H. The van der Waals surface area contributed by atoms with E-state index in [4.69, 9.17) is 9.97 Å². The Morgan fingerprint density at radius 1 is 0.367 bits per heavy atom. The summed E-state index contributed by atoms with van der Waals surface area (Å²) < 4.78 is 0. The molecule has 0 N–H and O–H groups in total. The molecule has 0 aliphatic rings. The number of hydrogen-bond donors (Lipinski definition) is 0. The van der Waals surface area contributed by atoms with Crippen molar-refractivity contribution >= 4 is 49.6 Å². The SMILES string of the molecule is c1ccc(-c2nc3ccc4cc(-c5ccc(N(c6ccccc6)c6ccccc6)c6ccccc56)ccc4c3nc2-c2ccccc2)cc1. The van der Waals surface area contributed by atoms with Gasteiger partial charge in [0, 0.05) is 33.3 Å². The normalized spacial score (nSPS) is 11.3. The fourth-order valence-electron chi connectivity index (χ4n) is 6.92. The van der Waals surface area contributed by atoms with Crippen LogP contribution in [-0.2, 0) is 0 Å². The van der Waals surface area contributed by atoms with Crippen molar-refractivity contribution in [1.82, 2.24) is 9.97 Å². The van der Waals surface area contributed by atoms with Crippen LogP contribution in [0.1, 0.15) is 0 Å². The molecule has 0 fully saturated rings. The van der Waals surface area contributed by atoms with Crippen LogP contribution in [0.3, 0.4) is 0 Å². The van der Waals surface area contributed by atoms with E-state index in [0.29, 0.717) is 0 Å². The molecule has 0 aliphatic carbocycles. The first-order chi connectivity index (χ1) is 24.3. The zero-order valence-corrected chi connectivity index (χ0v) is 26.7. The molecule has 0 spiro atoms. The van der Waals surface area contributed by atoms with Crippen molar-refractivity contribution in [2.24, 2.45) is 0 Å². The lowest BCUT2D eigenvalue weighted by Gasteiger charge is -2.27. The largest absolute Gasteiger partial charge is 0.310 e. The number of aromatic nitrogens is 2. The van der Waals surface area contributed by atoms with Gasteiger partial charge in [0.15, 0.2) is 0 Å². The molecule has 9 rings (SSSR count). The van der Waals surface area contributed by atoms with Crippen LogP contribution in [0.5, 0.6) is 0 Å². The Bertz CT molecular complexity index is 2540. The van der Waals surface area contributed by atoms with Crippen LogP contribution in [0.25, 0.3) is 66.2 Å². The number of rotatable bonds is 6. The number of fused-ring (bicyclic) bond motifs is 4. The maximum absolute atomic E-state index is 5.32. The Labute approximate surface area is 285 Å². The zero-order chi connectivity index (χ0) is 32.6. The fraction of sp³-hybridized carbons (Fsp3) is 0. The van der Waals surface area contributed by atoms with Crippen molar-refractivity contribution in [2.45, 2.75) is 0 Å². The fourth-order valence-corrected chi connectivity index (χ4v) is 6.92. The van der Waals surface area contributed by atoms with Gasteiger partial charge in [0.25, 0.3) is 0 Å². The van der Waals surface area contributed by atoms with Crippen LogP contribution in [0.4, 0.5) is 17.1 Å². The van der Waals surface area contributed by atoms with Crippen LogP contribution in [-0.4, -0.2) is 9.97 Å². The number of hydrogen-bond acceptors (Lipinski definition) is 3. The lowest BCUT2D eigenvalue weighted by atomic mass is 9.94. The second-order valence-corrected chi connectivity index (χ2v) is 12.2. The topological polar surface area (TPSA) is 29.0 Å². The lowest BCUT2D eigenvalue weighted by Crippen LogP contribution is -2.10. The van der Waals surface area contributed by atoms with Gasteiger partial charge < -0.3 is 4.90 Å². The van der Waals surface area contributed by atoms with Crippen LogP contribution in [0.15, 0.2) is 188 Å². The lowest BCUT2D eigenvalue weighted by molar-refractivity contribution is 1.30. The minimum atomic E-state index is 0.885. The van der Waals surface area contributed by atoms with Crippen molar-refractivity contribution in [3.8, 4) is 33.6 Å². The molecule has 0 saturated carbocycles. The van der Waals surface area contributed by atoms with Crippen LogP contribution in [0, 0.1) is 0 Å². The van der Waals surface area contributed by atoms with Gasteiger partial charge >= 0.3 is 0 Å². The van der Waals surface area contributed by atoms with E-state index in [-0.39, 0.29) is 0 Å². The van der Waals surface area contributed by atoms with Gasteiger partial charge in [-0.1, -0.05) is 146 Å². The minimum absolute atomic E-state index is 0.885. The van der Waals surface area contributed by atoms with E-state index in [1.807, 2.05) is 12.1 Å². The molecule has 1 heterocycles. The Kier molecular flexibility index (Phi) is 7.14. The van der Waals surface area contributed by atoms with Gasteiger partial charge in [0.2, 0.25) is 0 Å². The van der Waals surface area contributed by atoms with Gasteiger partial charge in [-0.3, -0.25) is 0 Å². The summed E-state index contributed by atoms with van der Waals surface area (Å²) in [6.07, 6.45) is 0. The highest BCUT2D eigenvalue weighted by Crippen LogP contribution is 2.42. The maximum atomic E-state index is 5.32. The summed E-state index contributed by atoms with van der Waals surface area (Å²) in [5.41, 5.74) is 11.4. The Morgan fingerprint density at radius 2 is 0.918 bits per heavy atom. The molecule has 0 amide bonds. The van der Waals surface area contributed by atoms with Crippen molar-refractivity contribution in [2.75, 3.05) is 4.90 Å². The van der Waals surface area contributed by atoms with Gasteiger partial charge in [0.05, 0.1) is 28.1 Å². The van der Waals surface area contributed by atoms with Crippen molar-refractivity contribution < 1.29 is 0 Å². The molecule has 0 unspecified atom stereocenters. The molecule has 0 bridgehead atoms. The van der Waals surface area contributed by atoms with Gasteiger partial charge in [-0.15, -0.1) is 0 Å². The molecule has 3 nitrogen and oxygen atoms in total. The molecular formula is C46H31N3. The Hall–Kier alpha value is -6.58. The average Bonchev–Trinajstić information content (AvgIpc) is 3.19. The first kappa shape index (κ1) is 28.6. The molecule has 0 saturated heterocycles. The predicted octanol–water partition coefficient (Wildman–Crippen LogP) is 12.4. The Morgan fingerprint density at radius 3 is 1.55 bits per heavy atom. The monoisotopic (exact) mass is 625 g/mol. The van der Waals surface area contributed by atoms with Crippen LogP contribution >= 0.6 is 0 Å². The molecule has 9 aromatic rings. The number of nitrogens with zero attached hydrogens (tertiary/aromatic N) is 3. The third-order valence-electron chi connectivity index (χ3n) is 9.23. The quantitative estimate of drug-likeness (QED) is 0.172. The van der Waals surface area contributed by atoms with Gasteiger partial charge in [-0.2, -0.15) is 0 Å². The molecule has 49 heavy (non-hydrogen) atoms. The summed E-state index contributed by atoms with van der Waals surface area (Å²) in [6, 6.07) is 66.1. The summed E-state index contributed by atoms with van der Waals surface area (Å²) >= 11 is 0. The third-order valence-corrected chi connectivity index (χ3v) is 9.23. The maximum Gasteiger partial charge on any atom is 0.0973 e. The van der Waals surface area contributed by atoms with Crippen molar-refractivity contribution in [1.29, 1.82) is 0 Å². The minimum Gasteiger partial charge on any atom is -0.310 e. The second-order valence-electron chi connectivity index (χ2n) is 12.2. The van der Waals surface area contributed by atoms with Gasteiger partial charge in [-0.05, 0) is 64.4 Å². The summed E-state index contributed by atoms with van der Waals surface area (Å²) in [6.45, 7) is 0. The molecule has 0 atom stereocenters. The number of para-hydroxylation sites is 2. The van der Waals surface area contributed by atoms with E-state index >= 15 is 0 Å². The molecule has 0 aliphatic heterocycles. The van der Waals surface area contributed by atoms with E-state index < -0.39 is 0 Å². The molecule has 1 aromatic heterocycles. The highest BCUT2D eigenvalue weighted by Gasteiger charge is 2.18. The van der Waals surface area contributed by atoms with E-state index in [0.717, 1.165) is 66.9 Å². The zero-order valence-electron chi connectivity index (χ0n) is 26.7. The summed E-state index contributed by atoms with van der Waals surface area (Å²) in [5, 5.41) is 4.62.